The zero-order valence-electron chi connectivity index (χ0n) is 18.1. The molecule has 0 heterocycles. The second-order valence-electron chi connectivity index (χ2n) is 8.18. The summed E-state index contributed by atoms with van der Waals surface area (Å²) in [5, 5.41) is 10.8. The number of benzene rings is 2. The number of carbonyl (C=O) groups excluding carboxylic acids is 1. The van der Waals surface area contributed by atoms with Gasteiger partial charge in [-0.2, -0.15) is 0 Å². The van der Waals surface area contributed by atoms with Crippen LogP contribution in [-0.4, -0.2) is 50.1 Å². The number of amides is 1. The first-order valence-electron chi connectivity index (χ1n) is 10.4. The molecule has 8 heteroatoms. The van der Waals surface area contributed by atoms with Crippen molar-refractivity contribution in [2.45, 2.75) is 56.6 Å². The summed E-state index contributed by atoms with van der Waals surface area (Å²) in [6, 6.07) is 11.1. The van der Waals surface area contributed by atoms with Crippen LogP contribution in [0.15, 0.2) is 47.4 Å². The number of anilines is 1. The van der Waals surface area contributed by atoms with E-state index < -0.39 is 16.1 Å². The first-order chi connectivity index (χ1) is 14.6. The topological polar surface area (TPSA) is 77.9 Å². The Morgan fingerprint density at radius 3 is 2.35 bits per heavy atom. The van der Waals surface area contributed by atoms with Gasteiger partial charge in [0.15, 0.2) is 0 Å². The molecule has 1 aliphatic rings. The average molecular weight is 465 g/mol. The van der Waals surface area contributed by atoms with E-state index in [2.05, 4.69) is 0 Å². The van der Waals surface area contributed by atoms with Crippen LogP contribution in [0.5, 0.6) is 0 Å². The molecule has 0 aliphatic heterocycles. The minimum atomic E-state index is -4.00. The standard InChI is InChI=1S/C23H29ClN2O4S/c1-16-8-11-19(12-9-16)31(29,30)26(20-13-10-18(24)14-17(20)2)15-23(28)25(3)21-6-4-5-7-22(21)27/h8-14,21-22,27H,4-7,15H2,1-3H3. The number of hydrogen-bond acceptors (Lipinski definition) is 4. The van der Waals surface area contributed by atoms with Crippen LogP contribution in [-0.2, 0) is 14.8 Å². The third-order valence-corrected chi connectivity index (χ3v) is 7.91. The summed E-state index contributed by atoms with van der Waals surface area (Å²) >= 11 is 6.07. The van der Waals surface area contributed by atoms with Crippen LogP contribution >= 0.6 is 11.6 Å². The van der Waals surface area contributed by atoms with Crippen molar-refractivity contribution >= 4 is 33.2 Å². The molecule has 3 rings (SSSR count). The van der Waals surface area contributed by atoms with E-state index in [1.807, 2.05) is 6.92 Å². The van der Waals surface area contributed by atoms with Gasteiger partial charge in [0, 0.05) is 12.1 Å². The van der Waals surface area contributed by atoms with Crippen LogP contribution in [0, 0.1) is 13.8 Å². The highest BCUT2D eigenvalue weighted by molar-refractivity contribution is 7.92. The summed E-state index contributed by atoms with van der Waals surface area (Å²) in [7, 11) is -2.37. The molecule has 0 radical (unpaired) electrons. The van der Waals surface area contributed by atoms with E-state index in [0.717, 1.165) is 22.7 Å². The number of halogens is 1. The maximum atomic E-state index is 13.6. The van der Waals surface area contributed by atoms with Crippen LogP contribution in [0.3, 0.4) is 0 Å². The summed E-state index contributed by atoms with van der Waals surface area (Å²) in [6.45, 7) is 3.28. The molecule has 1 fully saturated rings. The van der Waals surface area contributed by atoms with Crippen molar-refractivity contribution in [2.24, 2.45) is 0 Å². The lowest BCUT2D eigenvalue weighted by molar-refractivity contribution is -0.133. The number of carbonyl (C=O) groups is 1. The maximum absolute atomic E-state index is 13.6. The van der Waals surface area contributed by atoms with E-state index in [1.165, 1.54) is 4.90 Å². The van der Waals surface area contributed by atoms with Gasteiger partial charge in [0.2, 0.25) is 5.91 Å². The number of sulfonamides is 1. The average Bonchev–Trinajstić information content (AvgIpc) is 2.72. The molecule has 0 aromatic heterocycles. The highest BCUT2D eigenvalue weighted by atomic mass is 35.5. The number of hydrogen-bond donors (Lipinski definition) is 1. The van der Waals surface area contributed by atoms with Crippen LogP contribution in [0.4, 0.5) is 5.69 Å². The molecule has 1 aliphatic carbocycles. The van der Waals surface area contributed by atoms with Crippen molar-refractivity contribution < 1.29 is 18.3 Å². The lowest BCUT2D eigenvalue weighted by Crippen LogP contribution is -2.50. The zero-order valence-corrected chi connectivity index (χ0v) is 19.7. The summed E-state index contributed by atoms with van der Waals surface area (Å²) in [6.07, 6.45) is 2.61. The van der Waals surface area contributed by atoms with Gasteiger partial charge >= 0.3 is 0 Å². The first-order valence-corrected chi connectivity index (χ1v) is 12.2. The number of likely N-dealkylation sites (N-methyl/N-ethyl adjacent to an activating group) is 1. The van der Waals surface area contributed by atoms with E-state index in [1.54, 1.807) is 56.4 Å². The molecule has 2 aromatic carbocycles. The van der Waals surface area contributed by atoms with Crippen molar-refractivity contribution in [3.05, 3.63) is 58.6 Å². The molecule has 2 aromatic rings. The third kappa shape index (κ3) is 5.22. The second-order valence-corrected chi connectivity index (χ2v) is 10.5. The van der Waals surface area contributed by atoms with Gasteiger partial charge in [0.25, 0.3) is 10.0 Å². The van der Waals surface area contributed by atoms with Crippen LogP contribution in [0.2, 0.25) is 5.02 Å². The minimum Gasteiger partial charge on any atom is -0.391 e. The highest BCUT2D eigenvalue weighted by Crippen LogP contribution is 2.30. The SMILES string of the molecule is Cc1ccc(S(=O)(=O)N(CC(=O)N(C)C2CCCCC2O)c2ccc(Cl)cc2C)cc1. The van der Waals surface area contributed by atoms with Gasteiger partial charge in [-0.1, -0.05) is 42.1 Å². The van der Waals surface area contributed by atoms with Crippen LogP contribution < -0.4 is 4.31 Å². The molecule has 0 spiro atoms. The normalized spacial score (nSPS) is 19.1. The Hall–Kier alpha value is -2.09. The van der Waals surface area contributed by atoms with E-state index >= 15 is 0 Å². The van der Waals surface area contributed by atoms with E-state index in [-0.39, 0.29) is 23.4 Å². The van der Waals surface area contributed by atoms with Crippen LogP contribution in [0.1, 0.15) is 36.8 Å². The fraction of sp³-hybridized carbons (Fsp3) is 0.435. The van der Waals surface area contributed by atoms with E-state index in [4.69, 9.17) is 11.6 Å². The number of aryl methyl sites for hydroxylation is 2. The molecule has 0 saturated heterocycles. The fourth-order valence-corrected chi connectivity index (χ4v) is 5.70. The molecule has 0 bridgehead atoms. The van der Waals surface area contributed by atoms with Crippen LogP contribution in [0.25, 0.3) is 0 Å². The van der Waals surface area contributed by atoms with Gasteiger partial charge in [0.05, 0.1) is 22.7 Å². The van der Waals surface area contributed by atoms with Gasteiger partial charge < -0.3 is 10.0 Å². The summed E-state index contributed by atoms with van der Waals surface area (Å²) in [5.41, 5.74) is 1.99. The fourth-order valence-electron chi connectivity index (χ4n) is 4.00. The molecule has 2 unspecified atom stereocenters. The van der Waals surface area contributed by atoms with Gasteiger partial charge in [-0.15, -0.1) is 0 Å². The Morgan fingerprint density at radius 2 is 1.74 bits per heavy atom. The second kappa shape index (κ2) is 9.59. The minimum absolute atomic E-state index is 0.112. The first kappa shape index (κ1) is 23.6. The molecule has 6 nitrogen and oxygen atoms in total. The van der Waals surface area contributed by atoms with Gasteiger partial charge in [0.1, 0.15) is 6.54 Å². The lowest BCUT2D eigenvalue weighted by Gasteiger charge is -2.36. The predicted octanol–water partition coefficient (Wildman–Crippen LogP) is 3.91. The maximum Gasteiger partial charge on any atom is 0.264 e. The monoisotopic (exact) mass is 464 g/mol. The molecule has 31 heavy (non-hydrogen) atoms. The molecular weight excluding hydrogens is 436 g/mol. The third-order valence-electron chi connectivity index (χ3n) is 5.90. The number of nitrogens with zero attached hydrogens (tertiary/aromatic N) is 2. The number of aliphatic hydroxyl groups is 1. The summed E-state index contributed by atoms with van der Waals surface area (Å²) in [5.74, 6) is -0.365. The Bertz CT molecular complexity index is 1040. The molecule has 1 saturated carbocycles. The highest BCUT2D eigenvalue weighted by Gasteiger charge is 2.33. The summed E-state index contributed by atoms with van der Waals surface area (Å²) in [4.78, 5) is 14.8. The van der Waals surface area contributed by atoms with Crippen molar-refractivity contribution in [2.75, 3.05) is 17.9 Å². The molecule has 2 atom stereocenters. The van der Waals surface area contributed by atoms with E-state index in [0.29, 0.717) is 29.1 Å². The Morgan fingerprint density at radius 1 is 1.10 bits per heavy atom. The quantitative estimate of drug-likeness (QED) is 0.702. The zero-order chi connectivity index (χ0) is 22.8. The van der Waals surface area contributed by atoms with E-state index in [9.17, 15) is 18.3 Å². The van der Waals surface area contributed by atoms with Gasteiger partial charge in [-0.05, 0) is 62.6 Å². The number of rotatable bonds is 6. The molecule has 1 amide bonds. The lowest BCUT2D eigenvalue weighted by atomic mass is 9.91. The largest absolute Gasteiger partial charge is 0.391 e. The Labute approximate surface area is 189 Å². The molecule has 168 valence electrons. The van der Waals surface area contributed by atoms with Gasteiger partial charge in [-0.25, -0.2) is 8.42 Å². The van der Waals surface area contributed by atoms with Crippen molar-refractivity contribution in [3.63, 3.8) is 0 Å². The Balaban J connectivity index is 1.98. The summed E-state index contributed by atoms with van der Waals surface area (Å²) < 4.78 is 28.2. The number of aliphatic hydroxyl groups excluding tert-OH is 1. The van der Waals surface area contributed by atoms with Crippen molar-refractivity contribution in [1.29, 1.82) is 0 Å². The molecular formula is C23H29ClN2O4S. The van der Waals surface area contributed by atoms with Gasteiger partial charge in [-0.3, -0.25) is 9.10 Å². The van der Waals surface area contributed by atoms with Crippen molar-refractivity contribution in [3.8, 4) is 0 Å². The van der Waals surface area contributed by atoms with Crippen molar-refractivity contribution in [1.82, 2.24) is 4.90 Å². The Kier molecular flexibility index (Phi) is 7.29. The predicted molar refractivity (Wildman–Crippen MR) is 123 cm³/mol. The molecule has 1 N–H and O–H groups in total. The smallest absolute Gasteiger partial charge is 0.264 e.